The van der Waals surface area contributed by atoms with Crippen LogP contribution in [0.25, 0.3) is 4.96 Å². The number of imidazole rings is 1. The molecule has 0 radical (unpaired) electrons. The average molecular weight is 265 g/mol. The lowest BCUT2D eigenvalue weighted by Gasteiger charge is -2.25. The molecule has 18 heavy (non-hydrogen) atoms. The number of hydroxylamine groups is 2. The minimum Gasteiger partial charge on any atom is -0.294 e. The topological polar surface area (TPSA) is 46.8 Å². The quantitative estimate of drug-likeness (QED) is 0.832. The number of rotatable bonds is 2. The molecule has 1 fully saturated rings. The minimum absolute atomic E-state index is 0.0285. The summed E-state index contributed by atoms with van der Waals surface area (Å²) in [6.07, 6.45) is 4.39. The second kappa shape index (κ2) is 4.70. The summed E-state index contributed by atoms with van der Waals surface area (Å²) in [5.41, 5.74) is 1.96. The Morgan fingerprint density at radius 1 is 1.56 bits per heavy atom. The third-order valence-electron chi connectivity index (χ3n) is 3.02. The molecule has 0 aliphatic carbocycles. The molecule has 0 N–H and O–H groups in total. The molecule has 0 atom stereocenters. The molecule has 1 aliphatic rings. The van der Waals surface area contributed by atoms with Gasteiger partial charge >= 0.3 is 0 Å². The fraction of sp³-hybridized carbons (Fsp3) is 0.500. The molecular formula is C12H15N3O2S. The van der Waals surface area contributed by atoms with Crippen LogP contribution >= 0.6 is 11.3 Å². The lowest BCUT2D eigenvalue weighted by molar-refractivity contribution is -0.196. The Kier molecular flexibility index (Phi) is 3.05. The Bertz CT molecular complexity index is 569. The van der Waals surface area contributed by atoms with Crippen LogP contribution in [0.3, 0.4) is 0 Å². The van der Waals surface area contributed by atoms with Gasteiger partial charge in [0.1, 0.15) is 0 Å². The van der Waals surface area contributed by atoms with Gasteiger partial charge in [0.2, 0.25) is 0 Å². The molecule has 0 spiro atoms. The van der Waals surface area contributed by atoms with E-state index in [0.29, 0.717) is 19.6 Å². The van der Waals surface area contributed by atoms with Crippen molar-refractivity contribution >= 4 is 22.2 Å². The zero-order valence-electron chi connectivity index (χ0n) is 10.3. The highest BCUT2D eigenvalue weighted by atomic mass is 32.1. The number of fused-ring (bicyclic) bond motifs is 1. The van der Waals surface area contributed by atoms with E-state index in [1.54, 1.807) is 11.3 Å². The summed E-state index contributed by atoms with van der Waals surface area (Å²) in [4.78, 5) is 22.8. The van der Waals surface area contributed by atoms with Gasteiger partial charge in [-0.05, 0) is 19.8 Å². The molecule has 0 saturated carbocycles. The maximum atomic E-state index is 12.1. The fourth-order valence-electron chi connectivity index (χ4n) is 2.11. The van der Waals surface area contributed by atoms with Crippen LogP contribution in [0.4, 0.5) is 0 Å². The van der Waals surface area contributed by atoms with Gasteiger partial charge in [-0.15, -0.1) is 11.3 Å². The van der Waals surface area contributed by atoms with E-state index in [2.05, 4.69) is 4.98 Å². The summed E-state index contributed by atoms with van der Waals surface area (Å²) < 4.78 is 1.99. The van der Waals surface area contributed by atoms with E-state index in [4.69, 9.17) is 4.84 Å². The Morgan fingerprint density at radius 2 is 2.44 bits per heavy atom. The van der Waals surface area contributed by atoms with Crippen molar-refractivity contribution in [3.05, 3.63) is 23.0 Å². The number of amides is 1. The van der Waals surface area contributed by atoms with Crippen LogP contribution in [0.1, 0.15) is 24.2 Å². The first kappa shape index (κ1) is 11.7. The summed E-state index contributed by atoms with van der Waals surface area (Å²) >= 11 is 1.56. The van der Waals surface area contributed by atoms with Gasteiger partial charge in [0.05, 0.1) is 18.7 Å². The van der Waals surface area contributed by atoms with Gasteiger partial charge in [-0.25, -0.2) is 10.0 Å². The Hall–Kier alpha value is -1.40. The van der Waals surface area contributed by atoms with E-state index >= 15 is 0 Å². The third-order valence-corrected chi connectivity index (χ3v) is 3.91. The molecule has 3 rings (SSSR count). The number of carbonyl (C=O) groups excluding carboxylic acids is 1. The molecule has 0 bridgehead atoms. The fourth-order valence-corrected chi connectivity index (χ4v) is 3.02. The first-order valence-electron chi connectivity index (χ1n) is 6.09. The van der Waals surface area contributed by atoms with Crippen molar-refractivity contribution in [2.75, 3.05) is 13.2 Å². The summed E-state index contributed by atoms with van der Waals surface area (Å²) in [5.74, 6) is 0.0285. The summed E-state index contributed by atoms with van der Waals surface area (Å²) in [5, 5.41) is 3.49. The lowest BCUT2D eigenvalue weighted by atomic mass is 10.2. The van der Waals surface area contributed by atoms with Crippen LogP contribution in [0.2, 0.25) is 0 Å². The zero-order chi connectivity index (χ0) is 12.5. The minimum atomic E-state index is 0.0285. The predicted molar refractivity (Wildman–Crippen MR) is 68.4 cm³/mol. The van der Waals surface area contributed by atoms with E-state index in [0.717, 1.165) is 29.2 Å². The van der Waals surface area contributed by atoms with Crippen LogP contribution < -0.4 is 0 Å². The first-order chi connectivity index (χ1) is 8.74. The van der Waals surface area contributed by atoms with Crippen LogP contribution in [0, 0.1) is 6.92 Å². The molecule has 6 heteroatoms. The number of aryl methyl sites for hydroxylation is 1. The van der Waals surface area contributed by atoms with E-state index in [9.17, 15) is 4.79 Å². The van der Waals surface area contributed by atoms with Gasteiger partial charge in [0, 0.05) is 23.8 Å². The Balaban J connectivity index is 1.76. The molecular weight excluding hydrogens is 250 g/mol. The van der Waals surface area contributed by atoms with Crippen molar-refractivity contribution in [3.63, 3.8) is 0 Å². The maximum absolute atomic E-state index is 12.1. The van der Waals surface area contributed by atoms with E-state index in [1.807, 2.05) is 22.9 Å². The lowest BCUT2D eigenvalue weighted by Crippen LogP contribution is -2.36. The van der Waals surface area contributed by atoms with Gasteiger partial charge in [0.25, 0.3) is 5.91 Å². The first-order valence-corrected chi connectivity index (χ1v) is 6.97. The van der Waals surface area contributed by atoms with Crippen LogP contribution in [-0.4, -0.2) is 33.5 Å². The highest BCUT2D eigenvalue weighted by Crippen LogP contribution is 2.18. The van der Waals surface area contributed by atoms with Gasteiger partial charge < -0.3 is 0 Å². The molecule has 3 heterocycles. The number of carbonyl (C=O) groups is 1. The summed E-state index contributed by atoms with van der Waals surface area (Å²) in [6, 6.07) is 0. The molecule has 1 saturated heterocycles. The highest BCUT2D eigenvalue weighted by Gasteiger charge is 2.19. The second-order valence-electron chi connectivity index (χ2n) is 4.47. The number of hydrogen-bond donors (Lipinski definition) is 0. The van der Waals surface area contributed by atoms with Crippen molar-refractivity contribution in [3.8, 4) is 0 Å². The van der Waals surface area contributed by atoms with Gasteiger partial charge in [-0.3, -0.25) is 14.0 Å². The number of aromatic nitrogens is 2. The van der Waals surface area contributed by atoms with Crippen molar-refractivity contribution in [1.82, 2.24) is 14.4 Å². The van der Waals surface area contributed by atoms with Crippen LogP contribution in [-0.2, 0) is 16.1 Å². The van der Waals surface area contributed by atoms with Gasteiger partial charge in [-0.1, -0.05) is 0 Å². The average Bonchev–Trinajstić information content (AvgIpc) is 2.91. The number of thiazole rings is 1. The second-order valence-corrected chi connectivity index (χ2v) is 5.31. The number of nitrogens with zero attached hydrogens (tertiary/aromatic N) is 3. The normalized spacial score (nSPS) is 16.4. The maximum Gasteiger partial charge on any atom is 0.252 e. The van der Waals surface area contributed by atoms with Gasteiger partial charge in [0.15, 0.2) is 4.96 Å². The monoisotopic (exact) mass is 265 g/mol. The van der Waals surface area contributed by atoms with Gasteiger partial charge in [-0.2, -0.15) is 0 Å². The molecule has 5 nitrogen and oxygen atoms in total. The molecule has 96 valence electrons. The van der Waals surface area contributed by atoms with Crippen molar-refractivity contribution < 1.29 is 9.63 Å². The molecule has 0 aromatic carbocycles. The number of hydrogen-bond acceptors (Lipinski definition) is 4. The zero-order valence-corrected chi connectivity index (χ0v) is 11.1. The van der Waals surface area contributed by atoms with Crippen molar-refractivity contribution in [2.45, 2.75) is 26.2 Å². The van der Waals surface area contributed by atoms with E-state index in [1.165, 1.54) is 5.06 Å². The SMILES string of the molecule is Cc1cn2c(CC(=O)N3CCCCO3)csc2n1. The summed E-state index contributed by atoms with van der Waals surface area (Å²) in [6.45, 7) is 3.31. The largest absolute Gasteiger partial charge is 0.294 e. The van der Waals surface area contributed by atoms with E-state index < -0.39 is 0 Å². The molecule has 1 aliphatic heterocycles. The highest BCUT2D eigenvalue weighted by molar-refractivity contribution is 7.15. The van der Waals surface area contributed by atoms with E-state index in [-0.39, 0.29) is 5.91 Å². The third kappa shape index (κ3) is 2.13. The Labute approximate surface area is 109 Å². The van der Waals surface area contributed by atoms with Crippen LogP contribution in [0.15, 0.2) is 11.6 Å². The standard InChI is InChI=1S/C12H15N3O2S/c1-9-7-14-10(8-18-12(14)13-9)6-11(16)15-4-2-3-5-17-15/h7-8H,2-6H2,1H3. The van der Waals surface area contributed by atoms with Crippen molar-refractivity contribution in [1.29, 1.82) is 0 Å². The molecule has 0 unspecified atom stereocenters. The predicted octanol–water partition coefficient (Wildman–Crippen LogP) is 1.80. The molecule has 1 amide bonds. The van der Waals surface area contributed by atoms with Crippen molar-refractivity contribution in [2.24, 2.45) is 0 Å². The Morgan fingerprint density at radius 3 is 3.22 bits per heavy atom. The smallest absolute Gasteiger partial charge is 0.252 e. The molecule has 2 aromatic heterocycles. The molecule has 2 aromatic rings. The van der Waals surface area contributed by atoms with Crippen LogP contribution in [0.5, 0.6) is 0 Å². The summed E-state index contributed by atoms with van der Waals surface area (Å²) in [7, 11) is 0.